The molecule has 10 heteroatoms. The SMILES string of the molecule is O=C(NCCn1cnnc1)c1ccc2n(c1=O)C[C@H]1C[C@@H]2CN(c2ncccc2F)C1. The van der Waals surface area contributed by atoms with Crippen molar-refractivity contribution in [2.45, 2.75) is 25.4 Å². The van der Waals surface area contributed by atoms with Gasteiger partial charge in [0, 0.05) is 50.5 Å². The van der Waals surface area contributed by atoms with Gasteiger partial charge in [0.15, 0.2) is 11.6 Å². The van der Waals surface area contributed by atoms with Crippen LogP contribution in [0.5, 0.6) is 0 Å². The van der Waals surface area contributed by atoms with E-state index in [0.717, 1.165) is 12.1 Å². The summed E-state index contributed by atoms with van der Waals surface area (Å²) in [5.41, 5.74) is 0.759. The number of piperidine rings is 1. The standard InChI is InChI=1S/C21H22FN7O2/c22-17-2-1-5-23-19(17)28-9-14-8-15(11-28)18-4-3-16(21(31)29(18)10-14)20(30)24-6-7-27-12-25-26-13-27/h1-5,12-15H,6-11H2,(H,24,30)/t14-,15+/m0/s1. The van der Waals surface area contributed by atoms with Crippen molar-refractivity contribution in [2.75, 3.05) is 24.5 Å². The normalized spacial score (nSPS) is 19.7. The molecule has 0 unspecified atom stereocenters. The van der Waals surface area contributed by atoms with Crippen LogP contribution >= 0.6 is 0 Å². The first-order valence-electron chi connectivity index (χ1n) is 10.3. The van der Waals surface area contributed by atoms with Gasteiger partial charge in [0.25, 0.3) is 11.5 Å². The first-order chi connectivity index (χ1) is 15.1. The third-order valence-electron chi connectivity index (χ3n) is 6.01. The summed E-state index contributed by atoms with van der Waals surface area (Å²) in [4.78, 5) is 31.8. The van der Waals surface area contributed by atoms with Gasteiger partial charge in [-0.1, -0.05) is 0 Å². The summed E-state index contributed by atoms with van der Waals surface area (Å²) < 4.78 is 17.7. The fourth-order valence-electron chi connectivity index (χ4n) is 4.63. The Morgan fingerprint density at radius 3 is 2.81 bits per heavy atom. The number of hydrogen-bond acceptors (Lipinski definition) is 6. The van der Waals surface area contributed by atoms with Gasteiger partial charge in [-0.25, -0.2) is 9.37 Å². The molecule has 0 aliphatic carbocycles. The Hall–Kier alpha value is -3.56. The van der Waals surface area contributed by atoms with Crippen LogP contribution in [0.4, 0.5) is 10.2 Å². The van der Waals surface area contributed by atoms with Crippen molar-refractivity contribution >= 4 is 11.7 Å². The molecule has 5 rings (SSSR count). The van der Waals surface area contributed by atoms with Gasteiger partial charge in [0.1, 0.15) is 18.2 Å². The van der Waals surface area contributed by atoms with Crippen LogP contribution in [0.2, 0.25) is 0 Å². The van der Waals surface area contributed by atoms with Gasteiger partial charge in [0.2, 0.25) is 0 Å². The molecular formula is C21H22FN7O2. The van der Waals surface area contributed by atoms with Gasteiger partial charge < -0.3 is 19.4 Å². The molecule has 2 aliphatic heterocycles. The lowest BCUT2D eigenvalue weighted by molar-refractivity contribution is 0.0949. The van der Waals surface area contributed by atoms with Crippen LogP contribution in [0.25, 0.3) is 0 Å². The Labute approximate surface area is 177 Å². The number of anilines is 1. The van der Waals surface area contributed by atoms with E-state index in [2.05, 4.69) is 20.5 Å². The fourth-order valence-corrected chi connectivity index (χ4v) is 4.63. The molecule has 3 aromatic heterocycles. The second kappa shape index (κ2) is 7.93. The lowest BCUT2D eigenvalue weighted by Gasteiger charge is -2.43. The Morgan fingerprint density at radius 2 is 2.00 bits per heavy atom. The minimum atomic E-state index is -0.388. The van der Waals surface area contributed by atoms with E-state index in [-0.39, 0.29) is 34.7 Å². The quantitative estimate of drug-likeness (QED) is 0.658. The first kappa shape index (κ1) is 19.4. The molecule has 2 aliphatic rings. The number of carbonyl (C=O) groups excluding carboxylic acids is 1. The van der Waals surface area contributed by atoms with Crippen LogP contribution in [0.1, 0.15) is 28.4 Å². The molecule has 0 aromatic carbocycles. The predicted molar refractivity (Wildman–Crippen MR) is 110 cm³/mol. The average molecular weight is 423 g/mol. The number of nitrogens with zero attached hydrogens (tertiary/aromatic N) is 6. The monoisotopic (exact) mass is 423 g/mol. The van der Waals surface area contributed by atoms with Crippen molar-refractivity contribution in [1.29, 1.82) is 0 Å². The number of amides is 1. The van der Waals surface area contributed by atoms with E-state index in [9.17, 15) is 14.0 Å². The molecule has 160 valence electrons. The first-order valence-corrected chi connectivity index (χ1v) is 10.3. The van der Waals surface area contributed by atoms with Crippen LogP contribution < -0.4 is 15.8 Å². The highest BCUT2D eigenvalue weighted by molar-refractivity contribution is 5.93. The minimum Gasteiger partial charge on any atom is -0.353 e. The van der Waals surface area contributed by atoms with Gasteiger partial charge in [-0.3, -0.25) is 9.59 Å². The zero-order valence-corrected chi connectivity index (χ0v) is 16.8. The maximum atomic E-state index is 14.2. The molecule has 9 nitrogen and oxygen atoms in total. The molecule has 1 fully saturated rings. The van der Waals surface area contributed by atoms with Crippen LogP contribution in [0.3, 0.4) is 0 Å². The van der Waals surface area contributed by atoms with Gasteiger partial charge in [0.05, 0.1) is 0 Å². The number of aromatic nitrogens is 5. The highest BCUT2D eigenvalue weighted by Gasteiger charge is 2.36. The zero-order chi connectivity index (χ0) is 21.4. The summed E-state index contributed by atoms with van der Waals surface area (Å²) in [6, 6.07) is 6.45. The van der Waals surface area contributed by atoms with E-state index >= 15 is 0 Å². The number of nitrogens with one attached hydrogen (secondary N) is 1. The topological polar surface area (TPSA) is 97.9 Å². The van der Waals surface area contributed by atoms with Crippen LogP contribution in [-0.2, 0) is 13.1 Å². The molecule has 0 radical (unpaired) electrons. The molecule has 1 amide bonds. The van der Waals surface area contributed by atoms with E-state index in [1.807, 2.05) is 11.0 Å². The van der Waals surface area contributed by atoms with E-state index in [1.165, 1.54) is 6.07 Å². The molecule has 1 saturated heterocycles. The third-order valence-corrected chi connectivity index (χ3v) is 6.01. The second-order valence-electron chi connectivity index (χ2n) is 8.06. The van der Waals surface area contributed by atoms with E-state index < -0.39 is 0 Å². The van der Waals surface area contributed by atoms with Crippen molar-refractivity contribution in [1.82, 2.24) is 29.6 Å². The highest BCUT2D eigenvalue weighted by Crippen LogP contribution is 2.37. The Morgan fingerprint density at radius 1 is 1.16 bits per heavy atom. The molecule has 3 aromatic rings. The largest absolute Gasteiger partial charge is 0.353 e. The van der Waals surface area contributed by atoms with Crippen molar-refractivity contribution in [2.24, 2.45) is 5.92 Å². The van der Waals surface area contributed by atoms with E-state index in [1.54, 1.807) is 40.1 Å². The fraction of sp³-hybridized carbons (Fsp3) is 0.381. The summed E-state index contributed by atoms with van der Waals surface area (Å²) in [5.74, 6) is -0.0819. The lowest BCUT2D eigenvalue weighted by Crippen LogP contribution is -2.48. The zero-order valence-electron chi connectivity index (χ0n) is 16.8. The van der Waals surface area contributed by atoms with Crippen molar-refractivity contribution in [3.63, 3.8) is 0 Å². The molecular weight excluding hydrogens is 401 g/mol. The minimum absolute atomic E-state index is 0.0902. The number of fused-ring (bicyclic) bond motifs is 4. The van der Waals surface area contributed by atoms with E-state index in [0.29, 0.717) is 38.5 Å². The molecule has 0 spiro atoms. The highest BCUT2D eigenvalue weighted by atomic mass is 19.1. The number of rotatable bonds is 5. The maximum absolute atomic E-state index is 14.2. The van der Waals surface area contributed by atoms with Gasteiger partial charge in [-0.15, -0.1) is 10.2 Å². The Bertz CT molecular complexity index is 1160. The van der Waals surface area contributed by atoms with E-state index in [4.69, 9.17) is 0 Å². The molecule has 0 saturated carbocycles. The summed E-state index contributed by atoms with van der Waals surface area (Å²) in [6.07, 6.45) is 5.67. The van der Waals surface area contributed by atoms with Crippen molar-refractivity contribution in [3.8, 4) is 0 Å². The smallest absolute Gasteiger partial charge is 0.263 e. The van der Waals surface area contributed by atoms with Gasteiger partial charge >= 0.3 is 0 Å². The summed E-state index contributed by atoms with van der Waals surface area (Å²) in [7, 11) is 0. The summed E-state index contributed by atoms with van der Waals surface area (Å²) in [5, 5.41) is 10.2. The van der Waals surface area contributed by atoms with Gasteiger partial charge in [-0.05, 0) is 36.6 Å². The molecule has 2 bridgehead atoms. The maximum Gasteiger partial charge on any atom is 0.263 e. The Balaban J connectivity index is 1.34. The third kappa shape index (κ3) is 3.69. The summed E-state index contributed by atoms with van der Waals surface area (Å²) in [6.45, 7) is 2.63. The molecule has 31 heavy (non-hydrogen) atoms. The summed E-state index contributed by atoms with van der Waals surface area (Å²) >= 11 is 0. The van der Waals surface area contributed by atoms with Crippen molar-refractivity contribution < 1.29 is 9.18 Å². The molecule has 2 atom stereocenters. The van der Waals surface area contributed by atoms with Gasteiger partial charge in [-0.2, -0.15) is 0 Å². The van der Waals surface area contributed by atoms with Crippen LogP contribution in [0, 0.1) is 11.7 Å². The lowest BCUT2D eigenvalue weighted by atomic mass is 9.83. The Kier molecular flexibility index (Phi) is 4.97. The second-order valence-corrected chi connectivity index (χ2v) is 8.06. The molecule has 1 N–H and O–H groups in total. The molecule has 5 heterocycles. The van der Waals surface area contributed by atoms with Crippen LogP contribution in [-0.4, -0.2) is 49.9 Å². The predicted octanol–water partition coefficient (Wildman–Crippen LogP) is 1.03. The number of pyridine rings is 2. The average Bonchev–Trinajstić information content (AvgIpc) is 3.28. The van der Waals surface area contributed by atoms with Crippen molar-refractivity contribution in [3.05, 3.63) is 70.5 Å². The number of halogens is 1. The number of hydrogen-bond donors (Lipinski definition) is 1. The number of carbonyl (C=O) groups is 1. The van der Waals surface area contributed by atoms with Crippen LogP contribution in [0.15, 0.2) is 47.9 Å².